The van der Waals surface area contributed by atoms with Gasteiger partial charge in [0.25, 0.3) is 0 Å². The first-order valence-corrected chi connectivity index (χ1v) is 4.58. The van der Waals surface area contributed by atoms with Crippen LogP contribution in [0.15, 0.2) is 12.1 Å². The van der Waals surface area contributed by atoms with Gasteiger partial charge in [-0.15, -0.1) is 0 Å². The number of nitrogens with zero attached hydrogens (tertiary/aromatic N) is 1. The third-order valence-corrected chi connectivity index (χ3v) is 2.67. The van der Waals surface area contributed by atoms with Gasteiger partial charge in [-0.2, -0.15) is 4.37 Å². The lowest BCUT2D eigenvalue weighted by Gasteiger charge is -1.93. The Morgan fingerprint density at radius 2 is 2.58 bits per heavy atom. The quantitative estimate of drug-likeness (QED) is 0.744. The molecule has 0 bridgehead atoms. The first kappa shape index (κ1) is 7.76. The van der Waals surface area contributed by atoms with Crippen molar-refractivity contribution >= 4 is 17.1 Å². The van der Waals surface area contributed by atoms with Crippen molar-refractivity contribution in [3.8, 4) is 5.88 Å². The molecule has 1 aliphatic heterocycles. The number of methoxy groups -OCH3 is 1. The smallest absolute Gasteiger partial charge is 0.225 e. The van der Waals surface area contributed by atoms with Gasteiger partial charge >= 0.3 is 0 Å². The van der Waals surface area contributed by atoms with E-state index in [1.54, 1.807) is 7.11 Å². The molecule has 0 aliphatic carbocycles. The second kappa shape index (κ2) is 3.25. The largest absolute Gasteiger partial charge is 0.480 e. The van der Waals surface area contributed by atoms with E-state index in [4.69, 9.17) is 4.74 Å². The second-order valence-electron chi connectivity index (χ2n) is 2.59. The second-order valence-corrected chi connectivity index (χ2v) is 3.40. The molecule has 0 amide bonds. The highest BCUT2D eigenvalue weighted by molar-refractivity contribution is 7.07. The van der Waals surface area contributed by atoms with Crippen molar-refractivity contribution in [2.45, 2.75) is 0 Å². The Kier molecular flexibility index (Phi) is 2.10. The van der Waals surface area contributed by atoms with E-state index in [9.17, 15) is 0 Å². The van der Waals surface area contributed by atoms with E-state index < -0.39 is 0 Å². The van der Waals surface area contributed by atoms with Crippen molar-refractivity contribution in [3.05, 3.63) is 17.0 Å². The van der Waals surface area contributed by atoms with Crippen LogP contribution in [-0.2, 0) is 0 Å². The Balaban J connectivity index is 2.22. The fourth-order valence-corrected chi connectivity index (χ4v) is 1.91. The molecule has 1 N–H and O–H groups in total. The van der Waals surface area contributed by atoms with Crippen LogP contribution in [-0.4, -0.2) is 24.6 Å². The summed E-state index contributed by atoms with van der Waals surface area (Å²) in [6.07, 6.45) is 2.19. The zero-order chi connectivity index (χ0) is 8.39. The summed E-state index contributed by atoms with van der Waals surface area (Å²) in [5, 5.41) is 3.24. The molecular formula is C8H10N2OS. The molecule has 0 saturated heterocycles. The predicted molar refractivity (Wildman–Crippen MR) is 49.5 cm³/mol. The molecule has 1 aromatic heterocycles. The predicted octanol–water partition coefficient (Wildman–Crippen LogP) is 1.14. The Morgan fingerprint density at radius 3 is 3.17 bits per heavy atom. The zero-order valence-corrected chi connectivity index (χ0v) is 7.65. The molecule has 0 saturated carbocycles. The van der Waals surface area contributed by atoms with Crippen molar-refractivity contribution in [1.29, 1.82) is 0 Å². The Hall–Kier alpha value is -0.870. The van der Waals surface area contributed by atoms with Crippen LogP contribution in [0.1, 0.15) is 4.88 Å². The van der Waals surface area contributed by atoms with Crippen LogP contribution in [0.4, 0.5) is 0 Å². The molecule has 0 unspecified atom stereocenters. The average molecular weight is 182 g/mol. The van der Waals surface area contributed by atoms with Gasteiger partial charge in [0.05, 0.1) is 12.0 Å². The van der Waals surface area contributed by atoms with Gasteiger partial charge in [0.2, 0.25) is 5.88 Å². The topological polar surface area (TPSA) is 34.1 Å². The summed E-state index contributed by atoms with van der Waals surface area (Å²) in [6.45, 7) is 1.92. The van der Waals surface area contributed by atoms with E-state index in [1.807, 2.05) is 6.07 Å². The number of aromatic nitrogens is 1. The molecule has 0 atom stereocenters. The zero-order valence-electron chi connectivity index (χ0n) is 6.83. The van der Waals surface area contributed by atoms with Gasteiger partial charge in [-0.25, -0.2) is 0 Å². The minimum Gasteiger partial charge on any atom is -0.480 e. The molecule has 3 nitrogen and oxygen atoms in total. The number of ether oxygens (including phenoxy) is 1. The molecule has 64 valence electrons. The van der Waals surface area contributed by atoms with Crippen LogP contribution >= 0.6 is 11.5 Å². The molecule has 12 heavy (non-hydrogen) atoms. The van der Waals surface area contributed by atoms with Crippen LogP contribution in [0.25, 0.3) is 5.57 Å². The number of rotatable bonds is 2. The van der Waals surface area contributed by atoms with E-state index >= 15 is 0 Å². The van der Waals surface area contributed by atoms with Gasteiger partial charge in [-0.1, -0.05) is 6.08 Å². The van der Waals surface area contributed by atoms with Crippen molar-refractivity contribution in [1.82, 2.24) is 9.69 Å². The summed E-state index contributed by atoms with van der Waals surface area (Å²) in [7, 11) is 1.64. The lowest BCUT2D eigenvalue weighted by molar-refractivity contribution is 0.402. The van der Waals surface area contributed by atoms with E-state index in [2.05, 4.69) is 15.8 Å². The first-order chi connectivity index (χ1) is 5.90. The Labute approximate surface area is 75.2 Å². The van der Waals surface area contributed by atoms with Gasteiger partial charge in [-0.3, -0.25) is 0 Å². The van der Waals surface area contributed by atoms with E-state index in [0.29, 0.717) is 5.88 Å². The van der Waals surface area contributed by atoms with Crippen molar-refractivity contribution < 1.29 is 4.74 Å². The molecule has 2 rings (SSSR count). The Morgan fingerprint density at radius 1 is 1.67 bits per heavy atom. The molecule has 1 aliphatic rings. The third kappa shape index (κ3) is 1.35. The van der Waals surface area contributed by atoms with Crippen molar-refractivity contribution in [3.63, 3.8) is 0 Å². The van der Waals surface area contributed by atoms with E-state index in [-0.39, 0.29) is 0 Å². The lowest BCUT2D eigenvalue weighted by Crippen LogP contribution is -2.07. The lowest BCUT2D eigenvalue weighted by atomic mass is 10.2. The standard InChI is InChI=1S/C8H10N2OS/c1-11-8-4-7(12-10-8)6-2-3-9-5-6/h2,4,9H,3,5H2,1H3. The van der Waals surface area contributed by atoms with Crippen LogP contribution in [0.5, 0.6) is 5.88 Å². The number of nitrogens with one attached hydrogen (secondary N) is 1. The van der Waals surface area contributed by atoms with Gasteiger partial charge in [0, 0.05) is 19.2 Å². The van der Waals surface area contributed by atoms with Gasteiger partial charge in [0.1, 0.15) is 0 Å². The minimum absolute atomic E-state index is 0.711. The highest BCUT2D eigenvalue weighted by atomic mass is 32.1. The summed E-state index contributed by atoms with van der Waals surface area (Å²) in [6, 6.07) is 1.98. The van der Waals surface area contributed by atoms with Crippen LogP contribution in [0.3, 0.4) is 0 Å². The maximum Gasteiger partial charge on any atom is 0.225 e. The number of hydrogen-bond acceptors (Lipinski definition) is 4. The van der Waals surface area contributed by atoms with Crippen LogP contribution in [0, 0.1) is 0 Å². The summed E-state index contributed by atoms with van der Waals surface area (Å²) in [5.41, 5.74) is 1.33. The molecule has 0 radical (unpaired) electrons. The van der Waals surface area contributed by atoms with Gasteiger partial charge in [0.15, 0.2) is 0 Å². The first-order valence-electron chi connectivity index (χ1n) is 3.81. The third-order valence-electron chi connectivity index (χ3n) is 1.82. The van der Waals surface area contributed by atoms with Crippen molar-refractivity contribution in [2.24, 2.45) is 0 Å². The van der Waals surface area contributed by atoms with Crippen LogP contribution < -0.4 is 10.1 Å². The van der Waals surface area contributed by atoms with Crippen molar-refractivity contribution in [2.75, 3.05) is 20.2 Å². The monoisotopic (exact) mass is 182 g/mol. The molecule has 4 heteroatoms. The highest BCUT2D eigenvalue weighted by Gasteiger charge is 2.09. The summed E-state index contributed by atoms with van der Waals surface area (Å²) >= 11 is 1.49. The fraction of sp³-hybridized carbons (Fsp3) is 0.375. The minimum atomic E-state index is 0.711. The molecule has 0 aromatic carbocycles. The maximum atomic E-state index is 5.01. The van der Waals surface area contributed by atoms with Gasteiger partial charge < -0.3 is 10.1 Å². The molecule has 2 heterocycles. The summed E-state index contributed by atoms with van der Waals surface area (Å²) in [4.78, 5) is 1.21. The van der Waals surface area contributed by atoms with E-state index in [0.717, 1.165) is 13.1 Å². The molecule has 0 spiro atoms. The molecule has 0 fully saturated rings. The Bertz CT molecular complexity index is 306. The van der Waals surface area contributed by atoms with Crippen LogP contribution in [0.2, 0.25) is 0 Å². The fourth-order valence-electron chi connectivity index (χ4n) is 1.17. The maximum absolute atomic E-state index is 5.01. The molecular weight excluding hydrogens is 172 g/mol. The molecule has 1 aromatic rings. The van der Waals surface area contributed by atoms with E-state index in [1.165, 1.54) is 22.0 Å². The summed E-state index contributed by atoms with van der Waals surface area (Å²) < 4.78 is 9.14. The number of hydrogen-bond donors (Lipinski definition) is 1. The summed E-state index contributed by atoms with van der Waals surface area (Å²) in [5.74, 6) is 0.711. The average Bonchev–Trinajstić information content (AvgIpc) is 2.75. The SMILES string of the molecule is COc1cc(C2=CCNC2)sn1. The van der Waals surface area contributed by atoms with Gasteiger partial charge in [-0.05, 0) is 17.1 Å². The normalized spacial score (nSPS) is 16.2. The highest BCUT2D eigenvalue weighted by Crippen LogP contribution is 2.24.